The zero-order valence-electron chi connectivity index (χ0n) is 10.2. The predicted octanol–water partition coefficient (Wildman–Crippen LogP) is 0.867. The molecule has 18 heavy (non-hydrogen) atoms. The van der Waals surface area contributed by atoms with E-state index in [0.717, 1.165) is 0 Å². The van der Waals surface area contributed by atoms with E-state index in [-0.39, 0.29) is 22.2 Å². The third-order valence-corrected chi connectivity index (χ3v) is 6.26. The quantitative estimate of drug-likeness (QED) is 0.785. The summed E-state index contributed by atoms with van der Waals surface area (Å²) in [6.45, 7) is 1.74. The topological polar surface area (TPSA) is 94.3 Å². The summed E-state index contributed by atoms with van der Waals surface area (Å²) in [5.74, 6) is -0.711. The van der Waals surface area contributed by atoms with Gasteiger partial charge in [0.05, 0.1) is 16.4 Å². The number of benzene rings is 1. The van der Waals surface area contributed by atoms with Crippen LogP contribution in [0.25, 0.3) is 0 Å². The van der Waals surface area contributed by atoms with E-state index >= 15 is 0 Å². The maximum Gasteiger partial charge on any atom is 0.179 e. The molecule has 0 aliphatic heterocycles. The highest BCUT2D eigenvalue weighted by Gasteiger charge is 2.19. The summed E-state index contributed by atoms with van der Waals surface area (Å²) in [7, 11) is -6.85. The zero-order chi connectivity index (χ0) is 13.8. The molecular formula is C11H17NO4S2. The number of sulfone groups is 2. The number of hydrogen-bond donors (Lipinski definition) is 1. The summed E-state index contributed by atoms with van der Waals surface area (Å²) in [5, 5.41) is 0. The fraction of sp³-hybridized carbons (Fsp3) is 0.455. The molecule has 0 bridgehead atoms. The predicted molar refractivity (Wildman–Crippen MR) is 71.9 cm³/mol. The van der Waals surface area contributed by atoms with Gasteiger partial charge in [-0.15, -0.1) is 0 Å². The number of nitrogens with two attached hydrogens (primary N) is 1. The highest BCUT2D eigenvalue weighted by Crippen LogP contribution is 2.14. The Kier molecular flexibility index (Phi) is 4.75. The normalized spacial score (nSPS) is 12.5. The lowest BCUT2D eigenvalue weighted by atomic mass is 10.3. The van der Waals surface area contributed by atoms with Crippen molar-refractivity contribution in [1.82, 2.24) is 0 Å². The van der Waals surface area contributed by atoms with Crippen LogP contribution in [0.5, 0.6) is 0 Å². The van der Waals surface area contributed by atoms with Crippen LogP contribution in [0.15, 0.2) is 29.2 Å². The van der Waals surface area contributed by atoms with E-state index in [4.69, 9.17) is 5.73 Å². The largest absolute Gasteiger partial charge is 0.399 e. The van der Waals surface area contributed by atoms with Gasteiger partial charge >= 0.3 is 0 Å². The Bertz CT molecular complexity index is 588. The Morgan fingerprint density at radius 1 is 0.944 bits per heavy atom. The van der Waals surface area contributed by atoms with Gasteiger partial charge in [0.1, 0.15) is 0 Å². The third kappa shape index (κ3) is 4.30. The molecule has 1 aromatic rings. The van der Waals surface area contributed by atoms with Crippen LogP contribution in [0.4, 0.5) is 5.69 Å². The van der Waals surface area contributed by atoms with E-state index in [1.165, 1.54) is 24.3 Å². The summed E-state index contributed by atoms with van der Waals surface area (Å²) >= 11 is 0. The molecule has 5 nitrogen and oxygen atoms in total. The van der Waals surface area contributed by atoms with Crippen molar-refractivity contribution in [1.29, 1.82) is 0 Å². The lowest BCUT2D eigenvalue weighted by Crippen LogP contribution is -2.19. The molecule has 0 aliphatic rings. The van der Waals surface area contributed by atoms with Gasteiger partial charge in [-0.05, 0) is 30.7 Å². The second-order valence-electron chi connectivity index (χ2n) is 4.04. The van der Waals surface area contributed by atoms with Gasteiger partial charge < -0.3 is 5.73 Å². The van der Waals surface area contributed by atoms with Crippen molar-refractivity contribution in [2.45, 2.75) is 18.2 Å². The third-order valence-electron chi connectivity index (χ3n) is 2.42. The van der Waals surface area contributed by atoms with Crippen molar-refractivity contribution >= 4 is 25.4 Å². The lowest BCUT2D eigenvalue weighted by molar-refractivity contribution is 0.587. The van der Waals surface area contributed by atoms with Crippen molar-refractivity contribution in [3.8, 4) is 0 Å². The van der Waals surface area contributed by atoms with Crippen LogP contribution in [0.3, 0.4) is 0 Å². The maximum atomic E-state index is 11.9. The van der Waals surface area contributed by atoms with Gasteiger partial charge in [0.25, 0.3) is 0 Å². The molecule has 0 atom stereocenters. The summed E-state index contributed by atoms with van der Waals surface area (Å²) < 4.78 is 46.7. The van der Waals surface area contributed by atoms with Crippen molar-refractivity contribution in [2.24, 2.45) is 0 Å². The molecule has 1 rings (SSSR count). The van der Waals surface area contributed by atoms with Gasteiger partial charge in [-0.2, -0.15) is 0 Å². The molecule has 0 amide bonds. The van der Waals surface area contributed by atoms with Crippen LogP contribution in [-0.4, -0.2) is 34.1 Å². The summed E-state index contributed by atoms with van der Waals surface area (Å²) in [6.07, 6.45) is 0.490. The molecule has 0 heterocycles. The SMILES string of the molecule is CCCS(=O)(=O)CCS(=O)(=O)c1ccc(N)cc1. The van der Waals surface area contributed by atoms with E-state index in [1.807, 2.05) is 0 Å². The minimum Gasteiger partial charge on any atom is -0.399 e. The molecule has 0 fully saturated rings. The second kappa shape index (κ2) is 5.71. The monoisotopic (exact) mass is 291 g/mol. The molecule has 0 aromatic heterocycles. The second-order valence-corrected chi connectivity index (χ2v) is 8.45. The molecule has 2 N–H and O–H groups in total. The minimum absolute atomic E-state index is 0.0181. The highest BCUT2D eigenvalue weighted by atomic mass is 32.2. The molecule has 7 heteroatoms. The van der Waals surface area contributed by atoms with Crippen LogP contribution < -0.4 is 5.73 Å². The molecule has 0 saturated carbocycles. The molecule has 0 unspecified atom stereocenters. The van der Waals surface area contributed by atoms with E-state index in [1.54, 1.807) is 6.92 Å². The number of rotatable bonds is 6. The average molecular weight is 291 g/mol. The van der Waals surface area contributed by atoms with Gasteiger partial charge in [-0.3, -0.25) is 0 Å². The molecular weight excluding hydrogens is 274 g/mol. The summed E-state index contributed by atoms with van der Waals surface area (Å²) in [4.78, 5) is 0.100. The first-order chi connectivity index (χ1) is 8.27. The molecule has 0 saturated heterocycles. The Balaban J connectivity index is 2.81. The van der Waals surface area contributed by atoms with Gasteiger partial charge in [0.15, 0.2) is 19.7 Å². The van der Waals surface area contributed by atoms with E-state index in [2.05, 4.69) is 0 Å². The number of nitrogen functional groups attached to an aromatic ring is 1. The van der Waals surface area contributed by atoms with Gasteiger partial charge in [0.2, 0.25) is 0 Å². The minimum atomic E-state index is -3.56. The fourth-order valence-electron chi connectivity index (χ4n) is 1.44. The Labute approximate surface area is 108 Å². The summed E-state index contributed by atoms with van der Waals surface area (Å²) in [5.41, 5.74) is 5.93. The fourth-order valence-corrected chi connectivity index (χ4v) is 4.95. The zero-order valence-corrected chi connectivity index (χ0v) is 11.8. The van der Waals surface area contributed by atoms with Gasteiger partial charge in [-0.1, -0.05) is 6.92 Å². The van der Waals surface area contributed by atoms with Crippen LogP contribution in [0.1, 0.15) is 13.3 Å². The van der Waals surface area contributed by atoms with Crippen LogP contribution >= 0.6 is 0 Å². The van der Waals surface area contributed by atoms with E-state index in [0.29, 0.717) is 12.1 Å². The van der Waals surface area contributed by atoms with E-state index in [9.17, 15) is 16.8 Å². The molecule has 0 spiro atoms. The number of anilines is 1. The van der Waals surface area contributed by atoms with E-state index < -0.39 is 19.7 Å². The Morgan fingerprint density at radius 2 is 1.50 bits per heavy atom. The first kappa shape index (κ1) is 15.0. The first-order valence-electron chi connectivity index (χ1n) is 5.55. The van der Waals surface area contributed by atoms with Crippen molar-refractivity contribution in [2.75, 3.05) is 23.0 Å². The van der Waals surface area contributed by atoms with Crippen molar-refractivity contribution in [3.05, 3.63) is 24.3 Å². The average Bonchev–Trinajstić information content (AvgIpc) is 2.27. The van der Waals surface area contributed by atoms with Crippen LogP contribution in [-0.2, 0) is 19.7 Å². The smallest absolute Gasteiger partial charge is 0.179 e. The summed E-state index contributed by atoms with van der Waals surface area (Å²) in [6, 6.07) is 5.73. The van der Waals surface area contributed by atoms with Gasteiger partial charge in [0, 0.05) is 11.4 Å². The van der Waals surface area contributed by atoms with Crippen molar-refractivity contribution in [3.63, 3.8) is 0 Å². The standard InChI is InChI=1S/C11H17NO4S2/c1-2-7-17(13,14)8-9-18(15,16)11-5-3-10(12)4-6-11/h3-6H,2,7-9,12H2,1H3. The lowest BCUT2D eigenvalue weighted by Gasteiger charge is -2.05. The molecule has 0 aliphatic carbocycles. The van der Waals surface area contributed by atoms with Crippen molar-refractivity contribution < 1.29 is 16.8 Å². The number of hydrogen-bond acceptors (Lipinski definition) is 5. The first-order valence-corrected chi connectivity index (χ1v) is 9.03. The Morgan fingerprint density at radius 3 is 2.00 bits per heavy atom. The molecule has 0 radical (unpaired) electrons. The highest BCUT2D eigenvalue weighted by molar-refractivity contribution is 7.95. The molecule has 1 aromatic carbocycles. The molecule has 102 valence electrons. The van der Waals surface area contributed by atoms with Crippen LogP contribution in [0, 0.1) is 0 Å². The maximum absolute atomic E-state index is 11.9. The van der Waals surface area contributed by atoms with Gasteiger partial charge in [-0.25, -0.2) is 16.8 Å². The van der Waals surface area contributed by atoms with Crippen LogP contribution in [0.2, 0.25) is 0 Å². The Hall–Kier alpha value is -1.08.